The van der Waals surface area contributed by atoms with Crippen molar-refractivity contribution in [3.05, 3.63) is 11.4 Å². The zero-order valence-electron chi connectivity index (χ0n) is 7.78. The molecule has 0 saturated heterocycles. The maximum atomic E-state index is 2.28. The van der Waals surface area contributed by atoms with Crippen LogP contribution < -0.4 is 0 Å². The Morgan fingerprint density at radius 3 is 1.80 bits per heavy atom. The van der Waals surface area contributed by atoms with Crippen LogP contribution in [-0.2, 0) is 0 Å². The zero-order valence-corrected chi connectivity index (χ0v) is 7.78. The van der Waals surface area contributed by atoms with Gasteiger partial charge in [-0.1, -0.05) is 18.8 Å². The molecule has 0 fully saturated rings. The SMILES string of the molecule is B/C=C(\CB)B(CB)CB. The van der Waals surface area contributed by atoms with Gasteiger partial charge in [-0.05, 0) is 0 Å². The summed E-state index contributed by atoms with van der Waals surface area (Å²) in [5.41, 5.74) is 1.63. The highest BCUT2D eigenvalue weighted by Crippen LogP contribution is 2.09. The van der Waals surface area contributed by atoms with Crippen molar-refractivity contribution >= 4 is 38.1 Å². The lowest BCUT2D eigenvalue weighted by molar-refractivity contribution is 1.57. The van der Waals surface area contributed by atoms with Crippen molar-refractivity contribution in [1.29, 1.82) is 0 Å². The Morgan fingerprint density at radius 2 is 1.70 bits per heavy atom. The van der Waals surface area contributed by atoms with Crippen LogP contribution in [0.1, 0.15) is 0 Å². The normalized spacial score (nSPS) is 11.4. The minimum absolute atomic E-state index is 0.843. The molecule has 0 aliphatic heterocycles. The van der Waals surface area contributed by atoms with Crippen LogP contribution in [0.15, 0.2) is 11.4 Å². The molecule has 10 heavy (non-hydrogen) atoms. The third-order valence-electron chi connectivity index (χ3n) is 2.29. The molecule has 5 heteroatoms. The molecule has 0 unspecified atom stereocenters. The van der Waals surface area contributed by atoms with E-state index in [0.29, 0.717) is 0 Å². The van der Waals surface area contributed by atoms with Crippen LogP contribution in [0.5, 0.6) is 0 Å². The molecule has 0 aliphatic carbocycles. The molecule has 0 radical (unpaired) electrons. The van der Waals surface area contributed by atoms with Gasteiger partial charge in [-0.15, -0.1) is 11.4 Å². The van der Waals surface area contributed by atoms with Crippen LogP contribution in [0.4, 0.5) is 0 Å². The Balaban J connectivity index is 3.97. The van der Waals surface area contributed by atoms with E-state index in [4.69, 9.17) is 0 Å². The summed E-state index contributed by atoms with van der Waals surface area (Å²) in [4.78, 5) is 0. The smallest absolute Gasteiger partial charge is 0.134 e. The van der Waals surface area contributed by atoms with Crippen LogP contribution in [0.25, 0.3) is 0 Å². The van der Waals surface area contributed by atoms with E-state index in [1.54, 1.807) is 5.47 Å². The van der Waals surface area contributed by atoms with Gasteiger partial charge in [0.25, 0.3) is 0 Å². The third-order valence-corrected chi connectivity index (χ3v) is 2.29. The van der Waals surface area contributed by atoms with Crippen LogP contribution >= 0.6 is 0 Å². The highest BCUT2D eigenvalue weighted by molar-refractivity contribution is 6.77. The van der Waals surface area contributed by atoms with Crippen LogP contribution in [0.3, 0.4) is 0 Å². The van der Waals surface area contributed by atoms with Crippen LogP contribution in [-0.4, -0.2) is 38.1 Å². The topological polar surface area (TPSA) is 0 Å². The van der Waals surface area contributed by atoms with Crippen LogP contribution in [0, 0.1) is 0 Å². The molecule has 0 atom stereocenters. The van der Waals surface area contributed by atoms with Crippen molar-refractivity contribution in [1.82, 2.24) is 0 Å². The largest absolute Gasteiger partial charge is 0.152 e. The number of hydrogen-bond acceptors (Lipinski definition) is 0. The van der Waals surface area contributed by atoms with E-state index in [2.05, 4.69) is 37.4 Å². The molecular weight excluding hydrogens is 114 g/mol. The zero-order chi connectivity index (χ0) is 7.98. The number of allylic oxidation sites excluding steroid dienone is 1. The summed E-state index contributed by atoms with van der Waals surface area (Å²) >= 11 is 0. The van der Waals surface area contributed by atoms with E-state index in [-0.39, 0.29) is 0 Å². The predicted octanol–water partition coefficient (Wildman–Crippen LogP) is -2.23. The van der Waals surface area contributed by atoms with Gasteiger partial charge < -0.3 is 0 Å². The fourth-order valence-electron chi connectivity index (χ4n) is 1.54. The Bertz CT molecular complexity index is 107. The minimum atomic E-state index is 0.843. The maximum Gasteiger partial charge on any atom is 0.152 e. The second-order valence-electron chi connectivity index (χ2n) is 2.73. The molecule has 0 aromatic heterocycles. The van der Waals surface area contributed by atoms with Crippen molar-refractivity contribution in [3.8, 4) is 0 Å². The van der Waals surface area contributed by atoms with E-state index in [1.165, 1.54) is 18.8 Å². The summed E-state index contributed by atoms with van der Waals surface area (Å²) in [6, 6.07) is 0. The van der Waals surface area contributed by atoms with Gasteiger partial charge in [-0.25, -0.2) is 0 Å². The molecular formula is C5H15B5. The first-order chi connectivity index (χ1) is 4.79. The van der Waals surface area contributed by atoms with Gasteiger partial charge in [0.2, 0.25) is 0 Å². The Kier molecular flexibility index (Phi) is 5.86. The van der Waals surface area contributed by atoms with Gasteiger partial charge >= 0.3 is 0 Å². The van der Waals surface area contributed by atoms with Gasteiger partial charge in [-0.3, -0.25) is 0 Å². The Labute approximate surface area is 68.9 Å². The lowest BCUT2D eigenvalue weighted by atomic mass is 9.32. The van der Waals surface area contributed by atoms with Crippen molar-refractivity contribution in [2.24, 2.45) is 0 Å². The van der Waals surface area contributed by atoms with Gasteiger partial charge in [0.05, 0.1) is 15.7 Å². The lowest BCUT2D eigenvalue weighted by Gasteiger charge is -2.11. The summed E-state index contributed by atoms with van der Waals surface area (Å²) in [6.07, 6.45) is 3.82. The van der Waals surface area contributed by atoms with Gasteiger partial charge in [0, 0.05) is 0 Å². The minimum Gasteiger partial charge on any atom is -0.134 e. The number of rotatable bonds is 4. The highest BCUT2D eigenvalue weighted by Gasteiger charge is 2.10. The van der Waals surface area contributed by atoms with Crippen LogP contribution in [0.2, 0.25) is 18.8 Å². The third kappa shape index (κ3) is 2.77. The maximum absolute atomic E-state index is 2.28. The molecule has 0 heterocycles. The first-order valence-corrected chi connectivity index (χ1v) is 4.45. The van der Waals surface area contributed by atoms with Crippen molar-refractivity contribution < 1.29 is 0 Å². The molecule has 0 spiro atoms. The second kappa shape index (κ2) is 5.82. The molecule has 0 bridgehead atoms. The Morgan fingerprint density at radius 1 is 1.20 bits per heavy atom. The first kappa shape index (κ1) is 10.1. The van der Waals surface area contributed by atoms with Gasteiger partial charge in [-0.2, -0.15) is 0 Å². The van der Waals surface area contributed by atoms with Crippen molar-refractivity contribution in [2.75, 3.05) is 0 Å². The molecule has 0 aromatic rings. The predicted molar refractivity (Wildman–Crippen MR) is 62.4 cm³/mol. The molecule has 0 nitrogen and oxygen atoms in total. The summed E-state index contributed by atoms with van der Waals surface area (Å²) < 4.78 is 0. The fraction of sp³-hybridized carbons (Fsp3) is 0.600. The second-order valence-corrected chi connectivity index (χ2v) is 2.73. The standard InChI is InChI=1S/C5H15B5/c6-1-5(2-7)10(3-8)4-9/h1H,2-4,6-9H2/b5-1+. The molecule has 0 aromatic carbocycles. The van der Waals surface area contributed by atoms with E-state index in [0.717, 1.165) is 6.71 Å². The highest BCUT2D eigenvalue weighted by atomic mass is 13.8. The van der Waals surface area contributed by atoms with E-state index in [1.807, 2.05) is 0 Å². The monoisotopic (exact) mass is 130 g/mol. The van der Waals surface area contributed by atoms with Crippen molar-refractivity contribution in [2.45, 2.75) is 18.8 Å². The summed E-state index contributed by atoms with van der Waals surface area (Å²) in [7, 11) is 8.94. The summed E-state index contributed by atoms with van der Waals surface area (Å²) in [5.74, 6) is 2.28. The summed E-state index contributed by atoms with van der Waals surface area (Å²) in [5, 5.41) is 0. The molecule has 50 valence electrons. The number of hydrogen-bond donors (Lipinski definition) is 0. The average Bonchev–Trinajstić information content (AvgIpc) is 2.00. The molecule has 0 rings (SSSR count). The Hall–Kier alpha value is 0.0647. The molecule has 0 amide bonds. The summed E-state index contributed by atoms with van der Waals surface area (Å²) in [6.45, 7) is 0.843. The van der Waals surface area contributed by atoms with Gasteiger partial charge in [0.15, 0.2) is 6.71 Å². The fourth-order valence-corrected chi connectivity index (χ4v) is 1.54. The van der Waals surface area contributed by atoms with E-state index in [9.17, 15) is 0 Å². The first-order valence-electron chi connectivity index (χ1n) is 4.45. The van der Waals surface area contributed by atoms with E-state index >= 15 is 0 Å². The lowest BCUT2D eigenvalue weighted by Crippen LogP contribution is -2.16. The van der Waals surface area contributed by atoms with Crippen molar-refractivity contribution in [3.63, 3.8) is 0 Å². The van der Waals surface area contributed by atoms with Gasteiger partial charge in [0.1, 0.15) is 15.7 Å². The molecule has 0 N–H and O–H groups in total. The van der Waals surface area contributed by atoms with E-state index < -0.39 is 0 Å². The average molecular weight is 129 g/mol. The quantitative estimate of drug-likeness (QED) is 0.377. The molecule has 0 saturated carbocycles. The molecule has 0 aliphatic rings.